The number of halogens is 1. The number of carbonyl (C=O) groups excluding carboxylic acids is 1. The van der Waals surface area contributed by atoms with E-state index in [0.29, 0.717) is 17.5 Å². The lowest BCUT2D eigenvalue weighted by atomic mass is 10.1. The number of nitro groups is 1. The van der Waals surface area contributed by atoms with Crippen LogP contribution in [0.15, 0.2) is 30.5 Å². The summed E-state index contributed by atoms with van der Waals surface area (Å²) in [6.45, 7) is 4.31. The van der Waals surface area contributed by atoms with Crippen molar-refractivity contribution in [3.63, 3.8) is 0 Å². The van der Waals surface area contributed by atoms with E-state index < -0.39 is 10.9 Å². The molecule has 28 heavy (non-hydrogen) atoms. The van der Waals surface area contributed by atoms with Crippen molar-refractivity contribution in [3.05, 3.63) is 56.7 Å². The van der Waals surface area contributed by atoms with Gasteiger partial charge in [0, 0.05) is 42.6 Å². The summed E-state index contributed by atoms with van der Waals surface area (Å²) >= 11 is 6.12. The van der Waals surface area contributed by atoms with Crippen molar-refractivity contribution in [1.82, 2.24) is 4.98 Å². The number of esters is 1. The molecule has 1 fully saturated rings. The molecule has 1 saturated heterocycles. The number of anilines is 2. The van der Waals surface area contributed by atoms with Gasteiger partial charge in [-0.25, -0.2) is 9.78 Å². The molecule has 1 N–H and O–H groups in total. The number of carbonyl (C=O) groups is 1. The second-order valence-electron chi connectivity index (χ2n) is 6.75. The number of aromatic nitrogens is 1. The maximum atomic E-state index is 11.6. The summed E-state index contributed by atoms with van der Waals surface area (Å²) in [6, 6.07) is 7.01. The molecule has 0 aliphatic carbocycles. The lowest BCUT2D eigenvalue weighted by Gasteiger charge is -2.21. The molecule has 0 saturated carbocycles. The highest BCUT2D eigenvalue weighted by molar-refractivity contribution is 6.30. The first kappa shape index (κ1) is 19.9. The number of aryl methyl sites for hydroxylation is 1. The molecule has 0 bridgehead atoms. The van der Waals surface area contributed by atoms with Crippen LogP contribution in [0.3, 0.4) is 0 Å². The van der Waals surface area contributed by atoms with E-state index in [2.05, 4.69) is 19.9 Å². The number of hydrogen-bond acceptors (Lipinski definition) is 7. The molecule has 0 spiro atoms. The van der Waals surface area contributed by atoms with Gasteiger partial charge in [0.05, 0.1) is 17.6 Å². The zero-order valence-corrected chi connectivity index (χ0v) is 16.4. The Morgan fingerprint density at radius 1 is 1.46 bits per heavy atom. The molecule has 3 rings (SSSR count). The molecule has 1 aliphatic rings. The molecule has 1 aromatic carbocycles. The van der Waals surface area contributed by atoms with E-state index in [-0.39, 0.29) is 17.1 Å². The van der Waals surface area contributed by atoms with Crippen LogP contribution in [0.5, 0.6) is 0 Å². The highest BCUT2D eigenvalue weighted by Crippen LogP contribution is 2.30. The van der Waals surface area contributed by atoms with Gasteiger partial charge in [-0.2, -0.15) is 0 Å². The standard InChI is InChI=1S/C19H21ClN4O4/c1-12-3-4-15(20)8-16(12)23-6-5-13(11-23)9-21-18-17(24(26)27)7-14(10-22-18)19(25)28-2/h3-4,7-8,10,13H,5-6,9,11H2,1-2H3,(H,21,22). The van der Waals surface area contributed by atoms with Gasteiger partial charge in [0.15, 0.2) is 0 Å². The fraction of sp³-hybridized carbons (Fsp3) is 0.368. The third-order valence-electron chi connectivity index (χ3n) is 4.84. The first-order chi connectivity index (χ1) is 13.4. The molecule has 1 atom stereocenters. The van der Waals surface area contributed by atoms with E-state index in [1.54, 1.807) is 0 Å². The second kappa shape index (κ2) is 8.43. The Hall–Kier alpha value is -2.87. The first-order valence-electron chi connectivity index (χ1n) is 8.86. The molecular weight excluding hydrogens is 384 g/mol. The van der Waals surface area contributed by atoms with E-state index >= 15 is 0 Å². The topological polar surface area (TPSA) is 97.6 Å². The van der Waals surface area contributed by atoms with Gasteiger partial charge in [0.2, 0.25) is 5.82 Å². The first-order valence-corrected chi connectivity index (χ1v) is 9.24. The van der Waals surface area contributed by atoms with Crippen molar-refractivity contribution >= 4 is 34.8 Å². The van der Waals surface area contributed by atoms with Gasteiger partial charge in [-0.15, -0.1) is 0 Å². The molecular formula is C19H21ClN4O4. The van der Waals surface area contributed by atoms with Gasteiger partial charge in [0.1, 0.15) is 0 Å². The average Bonchev–Trinajstić information content (AvgIpc) is 3.16. The van der Waals surface area contributed by atoms with Crippen molar-refractivity contribution in [2.75, 3.05) is 37.0 Å². The fourth-order valence-corrected chi connectivity index (χ4v) is 3.51. The zero-order chi connectivity index (χ0) is 20.3. The predicted molar refractivity (Wildman–Crippen MR) is 107 cm³/mol. The van der Waals surface area contributed by atoms with Gasteiger partial charge in [-0.3, -0.25) is 10.1 Å². The number of nitrogens with one attached hydrogen (secondary N) is 1. The molecule has 1 unspecified atom stereocenters. The molecule has 148 valence electrons. The molecule has 8 nitrogen and oxygen atoms in total. The summed E-state index contributed by atoms with van der Waals surface area (Å²) in [7, 11) is 1.22. The van der Waals surface area contributed by atoms with Crippen molar-refractivity contribution in [2.24, 2.45) is 5.92 Å². The number of hydrogen-bond donors (Lipinski definition) is 1. The number of rotatable bonds is 6. The van der Waals surface area contributed by atoms with Crippen molar-refractivity contribution in [2.45, 2.75) is 13.3 Å². The van der Waals surface area contributed by atoms with Crippen molar-refractivity contribution < 1.29 is 14.5 Å². The molecule has 9 heteroatoms. The van der Waals surface area contributed by atoms with Gasteiger partial charge in [0.25, 0.3) is 0 Å². The normalized spacial score (nSPS) is 16.1. The number of methoxy groups -OCH3 is 1. The third kappa shape index (κ3) is 4.33. The van der Waals surface area contributed by atoms with Crippen molar-refractivity contribution in [1.29, 1.82) is 0 Å². The second-order valence-corrected chi connectivity index (χ2v) is 7.19. The van der Waals surface area contributed by atoms with Crippen LogP contribution in [0, 0.1) is 23.0 Å². The number of benzene rings is 1. The van der Waals surface area contributed by atoms with Crippen LogP contribution >= 0.6 is 11.6 Å². The van der Waals surface area contributed by atoms with Crippen LogP contribution in [0.4, 0.5) is 17.2 Å². The minimum Gasteiger partial charge on any atom is -0.465 e. The van der Waals surface area contributed by atoms with Crippen LogP contribution in [0.1, 0.15) is 22.3 Å². The predicted octanol–water partition coefficient (Wildman–Crippen LogP) is 3.68. The summed E-state index contributed by atoms with van der Waals surface area (Å²) in [5.41, 5.74) is 2.07. The van der Waals surface area contributed by atoms with Crippen LogP contribution in [0.2, 0.25) is 5.02 Å². The average molecular weight is 405 g/mol. The molecule has 2 heterocycles. The van der Waals surface area contributed by atoms with Crippen LogP contribution < -0.4 is 10.2 Å². The van der Waals surface area contributed by atoms with Gasteiger partial charge < -0.3 is 15.0 Å². The monoisotopic (exact) mass is 404 g/mol. The molecule has 2 aromatic rings. The maximum Gasteiger partial charge on any atom is 0.339 e. The van der Waals surface area contributed by atoms with Crippen LogP contribution in [-0.2, 0) is 4.74 Å². The largest absolute Gasteiger partial charge is 0.465 e. The smallest absolute Gasteiger partial charge is 0.339 e. The number of pyridine rings is 1. The van der Waals surface area contributed by atoms with E-state index in [0.717, 1.165) is 30.8 Å². The Bertz CT molecular complexity index is 905. The van der Waals surface area contributed by atoms with Crippen molar-refractivity contribution in [3.8, 4) is 0 Å². The highest BCUT2D eigenvalue weighted by Gasteiger charge is 2.25. The summed E-state index contributed by atoms with van der Waals surface area (Å²) in [5.74, 6) is -0.208. The van der Waals surface area contributed by atoms with Crippen LogP contribution in [0.25, 0.3) is 0 Å². The van der Waals surface area contributed by atoms with Crippen LogP contribution in [-0.4, -0.2) is 42.6 Å². The van der Waals surface area contributed by atoms with E-state index in [4.69, 9.17) is 11.6 Å². The Balaban J connectivity index is 1.67. The van der Waals surface area contributed by atoms with E-state index in [9.17, 15) is 14.9 Å². The highest BCUT2D eigenvalue weighted by atomic mass is 35.5. The summed E-state index contributed by atoms with van der Waals surface area (Å²) in [6.07, 6.45) is 2.23. The molecule has 1 aromatic heterocycles. The van der Waals surface area contributed by atoms with Gasteiger partial charge in [-0.1, -0.05) is 17.7 Å². The van der Waals surface area contributed by atoms with E-state index in [1.165, 1.54) is 19.4 Å². The Labute approximate surface area is 167 Å². The number of ether oxygens (including phenoxy) is 1. The SMILES string of the molecule is COC(=O)c1cnc(NCC2CCN(c3cc(Cl)ccc3C)C2)c([N+](=O)[O-])c1. The molecule has 1 aliphatic heterocycles. The quantitative estimate of drug-likeness (QED) is 0.445. The minimum atomic E-state index is -0.662. The Morgan fingerprint density at radius 3 is 2.96 bits per heavy atom. The minimum absolute atomic E-state index is 0.0447. The Kier molecular flexibility index (Phi) is 5.99. The summed E-state index contributed by atoms with van der Waals surface area (Å²) in [4.78, 5) is 28.7. The van der Waals surface area contributed by atoms with E-state index in [1.807, 2.05) is 25.1 Å². The summed E-state index contributed by atoms with van der Waals surface area (Å²) < 4.78 is 4.59. The summed E-state index contributed by atoms with van der Waals surface area (Å²) in [5, 5.41) is 15.1. The Morgan fingerprint density at radius 2 is 2.25 bits per heavy atom. The molecule has 0 amide bonds. The molecule has 0 radical (unpaired) electrons. The number of nitrogens with zero attached hydrogens (tertiary/aromatic N) is 3. The maximum absolute atomic E-state index is 11.6. The lowest BCUT2D eigenvalue weighted by molar-refractivity contribution is -0.384. The lowest BCUT2D eigenvalue weighted by Crippen LogP contribution is -2.23. The van der Waals surface area contributed by atoms with Gasteiger partial charge >= 0.3 is 11.7 Å². The zero-order valence-electron chi connectivity index (χ0n) is 15.6. The van der Waals surface area contributed by atoms with Gasteiger partial charge in [-0.05, 0) is 37.0 Å². The fourth-order valence-electron chi connectivity index (χ4n) is 3.34. The third-order valence-corrected chi connectivity index (χ3v) is 5.08.